The smallest absolute Gasteiger partial charge is 0.131 e. The molecular weight excluding hydrogens is 302 g/mol. The normalized spacial score (nSPS) is 10.2. The van der Waals surface area contributed by atoms with Crippen molar-refractivity contribution in [1.82, 2.24) is 4.98 Å². The topological polar surface area (TPSA) is 36.4 Å². The van der Waals surface area contributed by atoms with E-state index >= 15 is 0 Å². The van der Waals surface area contributed by atoms with E-state index in [1.54, 1.807) is 12.3 Å². The van der Waals surface area contributed by atoms with Crippen molar-refractivity contribution in [3.63, 3.8) is 0 Å². The third-order valence-corrected chi connectivity index (χ3v) is 2.69. The zero-order chi connectivity index (χ0) is 9.84. The fraction of sp³-hybridized carbons (Fsp3) is 0.375. The first-order chi connectivity index (χ1) is 6.15. The molecule has 0 saturated carbocycles. The molecular formula is C8H10ClIN2O. The Morgan fingerprint density at radius 1 is 1.69 bits per heavy atom. The number of anilines is 1. The molecule has 1 aromatic rings. The number of halogens is 2. The SMILES string of the molecule is CN(CCO)c1cc(Cl)ncc1I. The van der Waals surface area contributed by atoms with Crippen LogP contribution in [-0.2, 0) is 0 Å². The van der Waals surface area contributed by atoms with Crippen LogP contribution in [0.15, 0.2) is 12.3 Å². The van der Waals surface area contributed by atoms with E-state index in [0.717, 1.165) is 9.26 Å². The van der Waals surface area contributed by atoms with Crippen molar-refractivity contribution in [2.75, 3.05) is 25.1 Å². The molecule has 72 valence electrons. The van der Waals surface area contributed by atoms with Crippen molar-refractivity contribution in [3.8, 4) is 0 Å². The van der Waals surface area contributed by atoms with Crippen LogP contribution < -0.4 is 4.90 Å². The first-order valence-electron chi connectivity index (χ1n) is 3.78. The average molecular weight is 313 g/mol. The second-order valence-electron chi connectivity index (χ2n) is 2.60. The Morgan fingerprint density at radius 3 is 3.00 bits per heavy atom. The summed E-state index contributed by atoms with van der Waals surface area (Å²) in [5.74, 6) is 0. The number of pyridine rings is 1. The molecule has 0 fully saturated rings. The van der Waals surface area contributed by atoms with Crippen molar-refractivity contribution >= 4 is 39.9 Å². The number of aliphatic hydroxyl groups excluding tert-OH is 1. The van der Waals surface area contributed by atoms with Gasteiger partial charge in [-0.3, -0.25) is 0 Å². The fourth-order valence-corrected chi connectivity index (χ4v) is 1.83. The lowest BCUT2D eigenvalue weighted by molar-refractivity contribution is 0.304. The van der Waals surface area contributed by atoms with Crippen LogP contribution in [0.3, 0.4) is 0 Å². The maximum atomic E-state index is 8.77. The van der Waals surface area contributed by atoms with Crippen LogP contribution in [0.5, 0.6) is 0 Å². The van der Waals surface area contributed by atoms with E-state index in [1.165, 1.54) is 0 Å². The fourth-order valence-electron chi connectivity index (χ4n) is 0.966. The van der Waals surface area contributed by atoms with Crippen LogP contribution in [0, 0.1) is 3.57 Å². The van der Waals surface area contributed by atoms with Crippen LogP contribution in [0.25, 0.3) is 0 Å². The van der Waals surface area contributed by atoms with Gasteiger partial charge in [-0.15, -0.1) is 0 Å². The summed E-state index contributed by atoms with van der Waals surface area (Å²) in [6.45, 7) is 0.725. The molecule has 0 aliphatic carbocycles. The molecule has 1 N–H and O–H groups in total. The molecule has 0 amide bonds. The van der Waals surface area contributed by atoms with E-state index < -0.39 is 0 Å². The molecule has 0 spiro atoms. The molecule has 0 saturated heterocycles. The molecule has 0 aromatic carbocycles. The summed E-state index contributed by atoms with van der Waals surface area (Å²) in [4.78, 5) is 5.89. The number of aliphatic hydroxyl groups is 1. The summed E-state index contributed by atoms with van der Waals surface area (Å²) in [6.07, 6.45) is 1.71. The molecule has 0 radical (unpaired) electrons. The predicted octanol–water partition coefficient (Wildman–Crippen LogP) is 1.77. The van der Waals surface area contributed by atoms with Crippen LogP contribution >= 0.6 is 34.2 Å². The van der Waals surface area contributed by atoms with Crippen LogP contribution in [0.1, 0.15) is 0 Å². The van der Waals surface area contributed by atoms with Crippen LogP contribution in [0.2, 0.25) is 5.15 Å². The Labute approximate surface area is 95.9 Å². The third kappa shape index (κ3) is 2.96. The highest BCUT2D eigenvalue weighted by molar-refractivity contribution is 14.1. The van der Waals surface area contributed by atoms with Gasteiger partial charge in [-0.2, -0.15) is 0 Å². The van der Waals surface area contributed by atoms with E-state index in [1.807, 2.05) is 11.9 Å². The van der Waals surface area contributed by atoms with Gasteiger partial charge in [-0.05, 0) is 28.7 Å². The van der Waals surface area contributed by atoms with Crippen molar-refractivity contribution in [1.29, 1.82) is 0 Å². The Balaban J connectivity index is 2.91. The van der Waals surface area contributed by atoms with Gasteiger partial charge in [0.15, 0.2) is 0 Å². The Hall–Kier alpha value is -0.0700. The second kappa shape index (κ2) is 4.97. The highest BCUT2D eigenvalue weighted by Crippen LogP contribution is 2.23. The van der Waals surface area contributed by atoms with Crippen molar-refractivity contribution < 1.29 is 5.11 Å². The Morgan fingerprint density at radius 2 is 2.38 bits per heavy atom. The number of rotatable bonds is 3. The molecule has 0 aliphatic rings. The van der Waals surface area contributed by atoms with Crippen LogP contribution in [-0.4, -0.2) is 30.3 Å². The number of aromatic nitrogens is 1. The van der Waals surface area contributed by atoms with Crippen molar-refractivity contribution in [2.24, 2.45) is 0 Å². The average Bonchev–Trinajstić information content (AvgIpc) is 2.09. The maximum absolute atomic E-state index is 8.77. The maximum Gasteiger partial charge on any atom is 0.131 e. The van der Waals surface area contributed by atoms with E-state index in [4.69, 9.17) is 16.7 Å². The highest BCUT2D eigenvalue weighted by atomic mass is 127. The van der Waals surface area contributed by atoms with Crippen molar-refractivity contribution in [3.05, 3.63) is 21.0 Å². The van der Waals surface area contributed by atoms with Gasteiger partial charge in [-0.1, -0.05) is 11.6 Å². The van der Waals surface area contributed by atoms with Crippen LogP contribution in [0.4, 0.5) is 5.69 Å². The molecule has 0 atom stereocenters. The zero-order valence-electron chi connectivity index (χ0n) is 7.17. The molecule has 0 unspecified atom stereocenters. The molecule has 3 nitrogen and oxygen atoms in total. The number of hydrogen-bond acceptors (Lipinski definition) is 3. The first-order valence-corrected chi connectivity index (χ1v) is 5.24. The zero-order valence-corrected chi connectivity index (χ0v) is 10.1. The molecule has 13 heavy (non-hydrogen) atoms. The molecule has 1 rings (SSSR count). The minimum absolute atomic E-state index is 0.131. The third-order valence-electron chi connectivity index (χ3n) is 1.65. The van der Waals surface area contributed by atoms with E-state index in [0.29, 0.717) is 11.7 Å². The Kier molecular flexibility index (Phi) is 4.21. The number of hydrogen-bond donors (Lipinski definition) is 1. The van der Waals surface area contributed by atoms with Gasteiger partial charge in [0.25, 0.3) is 0 Å². The summed E-state index contributed by atoms with van der Waals surface area (Å²) < 4.78 is 1.03. The van der Waals surface area contributed by atoms with Gasteiger partial charge in [0.2, 0.25) is 0 Å². The standard InChI is InChI=1S/C8H10ClIN2O/c1-12(2-3-13)7-4-8(9)11-5-6(7)10/h4-5,13H,2-3H2,1H3. The minimum Gasteiger partial charge on any atom is -0.395 e. The lowest BCUT2D eigenvalue weighted by Crippen LogP contribution is -2.22. The molecule has 0 bridgehead atoms. The predicted molar refractivity (Wildman–Crippen MR) is 62.3 cm³/mol. The van der Waals surface area contributed by atoms with Gasteiger partial charge in [-0.25, -0.2) is 4.98 Å². The summed E-state index contributed by atoms with van der Waals surface area (Å²) >= 11 is 7.94. The molecule has 1 heterocycles. The molecule has 0 aliphatic heterocycles. The van der Waals surface area contributed by atoms with Gasteiger partial charge in [0.05, 0.1) is 15.9 Å². The monoisotopic (exact) mass is 312 g/mol. The summed E-state index contributed by atoms with van der Waals surface area (Å²) in [6, 6.07) is 1.79. The van der Waals surface area contributed by atoms with Gasteiger partial charge in [0, 0.05) is 19.8 Å². The lowest BCUT2D eigenvalue weighted by Gasteiger charge is -2.19. The van der Waals surface area contributed by atoms with Gasteiger partial charge in [0.1, 0.15) is 5.15 Å². The molecule has 1 aromatic heterocycles. The first kappa shape index (κ1) is 11.0. The summed E-state index contributed by atoms with van der Waals surface area (Å²) in [7, 11) is 1.91. The highest BCUT2D eigenvalue weighted by Gasteiger charge is 2.05. The van der Waals surface area contributed by atoms with E-state index in [2.05, 4.69) is 27.6 Å². The minimum atomic E-state index is 0.131. The van der Waals surface area contributed by atoms with Gasteiger partial charge < -0.3 is 10.0 Å². The largest absolute Gasteiger partial charge is 0.395 e. The number of likely N-dealkylation sites (N-methyl/N-ethyl adjacent to an activating group) is 1. The summed E-state index contributed by atoms with van der Waals surface area (Å²) in [5.41, 5.74) is 0.995. The van der Waals surface area contributed by atoms with E-state index in [-0.39, 0.29) is 6.61 Å². The van der Waals surface area contributed by atoms with E-state index in [9.17, 15) is 0 Å². The Bertz CT molecular complexity index is 295. The second-order valence-corrected chi connectivity index (χ2v) is 4.15. The number of nitrogens with zero attached hydrogens (tertiary/aromatic N) is 2. The molecule has 5 heteroatoms. The quantitative estimate of drug-likeness (QED) is 0.682. The lowest BCUT2D eigenvalue weighted by atomic mass is 10.3. The van der Waals surface area contributed by atoms with Crippen molar-refractivity contribution in [2.45, 2.75) is 0 Å². The summed E-state index contributed by atoms with van der Waals surface area (Å²) in [5, 5.41) is 9.24. The van der Waals surface area contributed by atoms with Gasteiger partial charge >= 0.3 is 0 Å².